The average Bonchev–Trinajstić information content (AvgIpc) is 2.57. The van der Waals surface area contributed by atoms with Crippen molar-refractivity contribution in [2.24, 2.45) is 5.92 Å². The first-order valence-corrected chi connectivity index (χ1v) is 9.09. The summed E-state index contributed by atoms with van der Waals surface area (Å²) in [7, 11) is 0. The molecule has 2 fully saturated rings. The van der Waals surface area contributed by atoms with E-state index in [0.717, 1.165) is 49.1 Å². The van der Waals surface area contributed by atoms with E-state index in [9.17, 15) is 9.50 Å². The van der Waals surface area contributed by atoms with Crippen LogP contribution in [0.3, 0.4) is 0 Å². The zero-order valence-corrected chi connectivity index (χ0v) is 16.9. The number of nitrogens with zero attached hydrogens (tertiary/aromatic N) is 1. The molecule has 3 rings (SSSR count). The van der Waals surface area contributed by atoms with Crippen molar-refractivity contribution < 1.29 is 9.50 Å². The first-order valence-electron chi connectivity index (χ1n) is 8.30. The molecule has 1 saturated heterocycles. The highest BCUT2D eigenvalue weighted by Gasteiger charge is 2.34. The third-order valence-electron chi connectivity index (χ3n) is 5.05. The quantitative estimate of drug-likeness (QED) is 0.712. The molecule has 1 aromatic carbocycles. The highest BCUT2D eigenvalue weighted by Crippen LogP contribution is 2.45. The molecule has 1 aromatic rings. The van der Waals surface area contributed by atoms with Gasteiger partial charge in [0.25, 0.3) is 0 Å². The maximum atomic E-state index is 14.0. The summed E-state index contributed by atoms with van der Waals surface area (Å²) in [5, 5.41) is 13.7. The van der Waals surface area contributed by atoms with E-state index in [0.29, 0.717) is 5.92 Å². The highest BCUT2D eigenvalue weighted by molar-refractivity contribution is 9.10. The van der Waals surface area contributed by atoms with Crippen LogP contribution in [0.15, 0.2) is 16.6 Å². The molecule has 1 heterocycles. The molecule has 0 amide bonds. The van der Waals surface area contributed by atoms with Crippen molar-refractivity contribution in [1.82, 2.24) is 10.2 Å². The van der Waals surface area contributed by atoms with Gasteiger partial charge in [0, 0.05) is 42.3 Å². The molecule has 0 spiro atoms. The number of hydrogen-bond donors (Lipinski definition) is 2. The van der Waals surface area contributed by atoms with E-state index in [1.54, 1.807) is 6.07 Å². The van der Waals surface area contributed by atoms with Gasteiger partial charge in [-0.15, -0.1) is 24.8 Å². The van der Waals surface area contributed by atoms with Gasteiger partial charge in [-0.05, 0) is 30.9 Å². The zero-order chi connectivity index (χ0) is 15.5. The number of nitrogens with one attached hydrogen (secondary N) is 1. The van der Waals surface area contributed by atoms with Crippen LogP contribution in [0.1, 0.15) is 43.7 Å². The molecular weight excluding hydrogens is 418 g/mol. The Morgan fingerprint density at radius 1 is 1.12 bits per heavy atom. The number of phenolic OH excluding ortho intramolecular Hbond substituents is 1. The Morgan fingerprint density at radius 2 is 1.75 bits per heavy atom. The number of phenols is 1. The maximum absolute atomic E-state index is 14.0. The van der Waals surface area contributed by atoms with Crippen molar-refractivity contribution in [2.75, 3.05) is 26.2 Å². The summed E-state index contributed by atoms with van der Waals surface area (Å²) in [6.07, 6.45) is 6.09. The summed E-state index contributed by atoms with van der Waals surface area (Å²) in [6, 6.07) is 3.16. The summed E-state index contributed by atoms with van der Waals surface area (Å²) in [4.78, 5) is 2.42. The Morgan fingerprint density at radius 3 is 2.38 bits per heavy atom. The Balaban J connectivity index is 0.00000144. The van der Waals surface area contributed by atoms with Crippen molar-refractivity contribution in [2.45, 2.75) is 38.1 Å². The predicted octanol–water partition coefficient (Wildman–Crippen LogP) is 4.66. The van der Waals surface area contributed by atoms with Gasteiger partial charge in [0.05, 0.1) is 0 Å². The predicted molar refractivity (Wildman–Crippen MR) is 104 cm³/mol. The Bertz CT molecular complexity index is 506. The van der Waals surface area contributed by atoms with Crippen LogP contribution in [0.4, 0.5) is 4.39 Å². The van der Waals surface area contributed by atoms with Crippen LogP contribution in [0, 0.1) is 11.7 Å². The molecular formula is C17H26BrCl2FN2O. The molecule has 1 atom stereocenters. The summed E-state index contributed by atoms with van der Waals surface area (Å²) in [6.45, 7) is 3.81. The van der Waals surface area contributed by atoms with E-state index >= 15 is 0 Å². The lowest BCUT2D eigenvalue weighted by Gasteiger charge is -2.41. The second-order valence-corrected chi connectivity index (χ2v) is 7.27. The first-order chi connectivity index (χ1) is 10.7. The standard InChI is InChI=1S/C17H24BrFN2O.2ClH/c18-13-6-7-14(19)17(22)15(13)16(12-4-2-1-3-5-12)21-10-8-20-9-11-21;;/h6-7,12,16,20,22H,1-5,8-11H2;2*1H/t16-;;/m0../s1. The largest absolute Gasteiger partial charge is 0.505 e. The Kier molecular flexibility index (Phi) is 9.31. The fourth-order valence-corrected chi connectivity index (χ4v) is 4.52. The van der Waals surface area contributed by atoms with Crippen molar-refractivity contribution in [1.29, 1.82) is 0 Å². The minimum Gasteiger partial charge on any atom is -0.505 e. The lowest BCUT2D eigenvalue weighted by Crippen LogP contribution is -2.47. The molecule has 1 aliphatic heterocycles. The van der Waals surface area contributed by atoms with Crippen molar-refractivity contribution >= 4 is 40.7 Å². The molecule has 138 valence electrons. The number of halogens is 4. The summed E-state index contributed by atoms with van der Waals surface area (Å²) >= 11 is 3.55. The van der Waals surface area contributed by atoms with E-state index in [1.165, 1.54) is 25.3 Å². The van der Waals surface area contributed by atoms with Crippen LogP contribution in [0.25, 0.3) is 0 Å². The van der Waals surface area contributed by atoms with Gasteiger partial charge in [-0.3, -0.25) is 4.90 Å². The zero-order valence-electron chi connectivity index (χ0n) is 13.6. The van der Waals surface area contributed by atoms with Crippen molar-refractivity contribution in [3.05, 3.63) is 28.0 Å². The lowest BCUT2D eigenvalue weighted by molar-refractivity contribution is 0.100. The monoisotopic (exact) mass is 442 g/mol. The van der Waals surface area contributed by atoms with Gasteiger partial charge in [0.15, 0.2) is 11.6 Å². The van der Waals surface area contributed by atoms with E-state index < -0.39 is 5.82 Å². The smallest absolute Gasteiger partial charge is 0.165 e. The van der Waals surface area contributed by atoms with Crippen molar-refractivity contribution in [3.8, 4) is 5.75 Å². The van der Waals surface area contributed by atoms with Gasteiger partial charge in [-0.25, -0.2) is 4.39 Å². The van der Waals surface area contributed by atoms with Gasteiger partial charge in [0.1, 0.15) is 0 Å². The third kappa shape index (κ3) is 4.76. The number of hydrogen-bond acceptors (Lipinski definition) is 3. The molecule has 1 saturated carbocycles. The van der Waals surface area contributed by atoms with Gasteiger partial charge < -0.3 is 10.4 Å². The Hall–Kier alpha value is -0.0700. The van der Waals surface area contributed by atoms with Crippen LogP contribution >= 0.6 is 40.7 Å². The van der Waals surface area contributed by atoms with Crippen molar-refractivity contribution in [3.63, 3.8) is 0 Å². The number of aromatic hydroxyl groups is 1. The van der Waals surface area contributed by atoms with Gasteiger partial charge >= 0.3 is 0 Å². The summed E-state index contributed by atoms with van der Waals surface area (Å²) in [5.41, 5.74) is 0.744. The minimum atomic E-state index is -0.519. The maximum Gasteiger partial charge on any atom is 0.165 e. The molecule has 24 heavy (non-hydrogen) atoms. The van der Waals surface area contributed by atoms with E-state index in [1.807, 2.05) is 0 Å². The van der Waals surface area contributed by atoms with Gasteiger partial charge in [-0.1, -0.05) is 35.2 Å². The topological polar surface area (TPSA) is 35.5 Å². The molecule has 0 aromatic heterocycles. The van der Waals surface area contributed by atoms with Crippen LogP contribution < -0.4 is 5.32 Å². The number of rotatable bonds is 3. The molecule has 7 heteroatoms. The number of benzene rings is 1. The van der Waals surface area contributed by atoms with Crippen LogP contribution in [0.5, 0.6) is 5.75 Å². The van der Waals surface area contributed by atoms with Gasteiger partial charge in [-0.2, -0.15) is 0 Å². The molecule has 0 unspecified atom stereocenters. The molecule has 0 radical (unpaired) electrons. The third-order valence-corrected chi connectivity index (χ3v) is 5.74. The number of piperazine rings is 1. The minimum absolute atomic E-state index is 0. The van der Waals surface area contributed by atoms with E-state index in [2.05, 4.69) is 26.1 Å². The highest BCUT2D eigenvalue weighted by atomic mass is 79.9. The first kappa shape index (κ1) is 22.0. The van der Waals surface area contributed by atoms with Crippen LogP contribution in [0.2, 0.25) is 0 Å². The van der Waals surface area contributed by atoms with Crippen LogP contribution in [-0.4, -0.2) is 36.2 Å². The normalized spacial score (nSPS) is 20.8. The fourth-order valence-electron chi connectivity index (χ4n) is 3.96. The average molecular weight is 444 g/mol. The lowest BCUT2D eigenvalue weighted by atomic mass is 9.80. The van der Waals surface area contributed by atoms with Gasteiger partial charge in [0.2, 0.25) is 0 Å². The molecule has 2 N–H and O–H groups in total. The second-order valence-electron chi connectivity index (χ2n) is 6.42. The second kappa shape index (κ2) is 10.2. The summed E-state index contributed by atoms with van der Waals surface area (Å²) < 4.78 is 14.8. The van der Waals surface area contributed by atoms with Crippen LogP contribution in [-0.2, 0) is 0 Å². The molecule has 2 aliphatic rings. The molecule has 1 aliphatic carbocycles. The Labute approximate surface area is 164 Å². The molecule has 0 bridgehead atoms. The molecule has 3 nitrogen and oxygen atoms in total. The van der Waals surface area contributed by atoms with E-state index in [-0.39, 0.29) is 36.6 Å². The SMILES string of the molecule is Cl.Cl.Oc1c(F)ccc(Br)c1[C@H](C1CCCCC1)N1CCNCC1. The fraction of sp³-hybridized carbons (Fsp3) is 0.647. The summed E-state index contributed by atoms with van der Waals surface area (Å²) in [5.74, 6) is -0.200. The van der Waals surface area contributed by atoms with E-state index in [4.69, 9.17) is 0 Å².